The van der Waals surface area contributed by atoms with Crippen LogP contribution in [0.1, 0.15) is 52.6 Å². The third-order valence-corrected chi connectivity index (χ3v) is 5.14. The van der Waals surface area contributed by atoms with Gasteiger partial charge in [0.05, 0.1) is 0 Å². The highest BCUT2D eigenvalue weighted by Crippen LogP contribution is 2.23. The van der Waals surface area contributed by atoms with E-state index in [0.717, 1.165) is 37.4 Å². The van der Waals surface area contributed by atoms with Gasteiger partial charge in [0.1, 0.15) is 0 Å². The van der Waals surface area contributed by atoms with Gasteiger partial charge < -0.3 is 15.5 Å². The quantitative estimate of drug-likeness (QED) is 0.857. The Balaban J connectivity index is 1.70. The van der Waals surface area contributed by atoms with Crippen LogP contribution in [0.2, 0.25) is 0 Å². The maximum Gasteiger partial charge on any atom is 0.255 e. The van der Waals surface area contributed by atoms with Gasteiger partial charge in [-0.25, -0.2) is 0 Å². The lowest BCUT2D eigenvalue weighted by Crippen LogP contribution is -2.46. The van der Waals surface area contributed by atoms with E-state index in [0.29, 0.717) is 11.1 Å². The zero-order valence-corrected chi connectivity index (χ0v) is 17.1. The molecule has 3 rings (SSSR count). The van der Waals surface area contributed by atoms with Crippen molar-refractivity contribution in [1.29, 1.82) is 0 Å². The SMILES string of the molecule is Cc1cc(C(=O)N2CCNCC2)ccc1NC(=O)c1ccc(C(C)(C)C)cc1. The minimum Gasteiger partial charge on any atom is -0.336 e. The smallest absolute Gasteiger partial charge is 0.255 e. The fourth-order valence-corrected chi connectivity index (χ4v) is 3.30. The van der Waals surface area contributed by atoms with E-state index in [4.69, 9.17) is 0 Å². The molecule has 0 aromatic heterocycles. The van der Waals surface area contributed by atoms with Crippen LogP contribution in [-0.4, -0.2) is 42.9 Å². The Morgan fingerprint density at radius 2 is 1.57 bits per heavy atom. The number of hydrogen-bond acceptors (Lipinski definition) is 3. The van der Waals surface area contributed by atoms with Crippen LogP contribution < -0.4 is 10.6 Å². The van der Waals surface area contributed by atoms with Gasteiger partial charge in [-0.05, 0) is 53.8 Å². The molecule has 0 bridgehead atoms. The number of hydrogen-bond donors (Lipinski definition) is 2. The number of anilines is 1. The number of carbonyl (C=O) groups excluding carboxylic acids is 2. The Morgan fingerprint density at radius 1 is 0.964 bits per heavy atom. The van der Waals surface area contributed by atoms with E-state index in [2.05, 4.69) is 31.4 Å². The second-order valence-corrected chi connectivity index (χ2v) is 8.35. The van der Waals surface area contributed by atoms with Gasteiger partial charge in [0, 0.05) is 43.0 Å². The fraction of sp³-hybridized carbons (Fsp3) is 0.391. The highest BCUT2D eigenvalue weighted by Gasteiger charge is 2.19. The first-order chi connectivity index (χ1) is 13.3. The van der Waals surface area contributed by atoms with E-state index < -0.39 is 0 Å². The summed E-state index contributed by atoms with van der Waals surface area (Å²) in [5.41, 5.74) is 4.12. The number of nitrogens with zero attached hydrogens (tertiary/aromatic N) is 1. The van der Waals surface area contributed by atoms with Gasteiger partial charge in [-0.15, -0.1) is 0 Å². The summed E-state index contributed by atoms with van der Waals surface area (Å²) < 4.78 is 0. The third kappa shape index (κ3) is 4.60. The fourth-order valence-electron chi connectivity index (χ4n) is 3.30. The maximum atomic E-state index is 12.6. The molecule has 2 aromatic carbocycles. The molecule has 0 aliphatic carbocycles. The van der Waals surface area contributed by atoms with E-state index in [1.165, 1.54) is 5.56 Å². The Kier molecular flexibility index (Phi) is 5.84. The first kappa shape index (κ1) is 20.1. The molecule has 0 unspecified atom stereocenters. The molecular weight excluding hydrogens is 350 g/mol. The normalized spacial score (nSPS) is 14.6. The summed E-state index contributed by atoms with van der Waals surface area (Å²) in [6, 6.07) is 13.2. The predicted octanol–water partition coefficient (Wildman–Crippen LogP) is 3.59. The lowest BCUT2D eigenvalue weighted by molar-refractivity contribution is 0.0735. The number of benzene rings is 2. The maximum absolute atomic E-state index is 12.6. The summed E-state index contributed by atoms with van der Waals surface area (Å²) in [5.74, 6) is -0.106. The Morgan fingerprint density at radius 3 is 2.14 bits per heavy atom. The van der Waals surface area contributed by atoms with Crippen molar-refractivity contribution >= 4 is 17.5 Å². The number of aryl methyl sites for hydroxylation is 1. The van der Waals surface area contributed by atoms with Gasteiger partial charge in [0.25, 0.3) is 11.8 Å². The molecule has 1 fully saturated rings. The highest BCUT2D eigenvalue weighted by molar-refractivity contribution is 6.05. The molecule has 2 aromatic rings. The van der Waals surface area contributed by atoms with E-state index in [1.54, 1.807) is 6.07 Å². The molecule has 0 atom stereocenters. The van der Waals surface area contributed by atoms with Gasteiger partial charge in [-0.1, -0.05) is 32.9 Å². The third-order valence-electron chi connectivity index (χ3n) is 5.14. The van der Waals surface area contributed by atoms with Crippen molar-refractivity contribution in [2.75, 3.05) is 31.5 Å². The Hall–Kier alpha value is -2.66. The molecular formula is C23H29N3O2. The Bertz CT molecular complexity index is 860. The zero-order valence-electron chi connectivity index (χ0n) is 17.1. The molecule has 5 nitrogen and oxygen atoms in total. The molecule has 0 saturated carbocycles. The van der Waals surface area contributed by atoms with Crippen LogP contribution in [0.4, 0.5) is 5.69 Å². The minimum absolute atomic E-state index is 0.0419. The van der Waals surface area contributed by atoms with Crippen molar-refractivity contribution in [1.82, 2.24) is 10.2 Å². The van der Waals surface area contributed by atoms with Crippen LogP contribution in [0.15, 0.2) is 42.5 Å². The molecule has 1 saturated heterocycles. The van der Waals surface area contributed by atoms with Crippen molar-refractivity contribution < 1.29 is 9.59 Å². The minimum atomic E-state index is -0.148. The van der Waals surface area contributed by atoms with Crippen molar-refractivity contribution in [3.05, 3.63) is 64.7 Å². The van der Waals surface area contributed by atoms with Gasteiger partial charge in [0.2, 0.25) is 0 Å². The lowest BCUT2D eigenvalue weighted by Gasteiger charge is -2.27. The second-order valence-electron chi connectivity index (χ2n) is 8.35. The van der Waals surface area contributed by atoms with Crippen LogP contribution in [0.3, 0.4) is 0 Å². The number of nitrogens with one attached hydrogen (secondary N) is 2. The number of amides is 2. The van der Waals surface area contributed by atoms with Crippen molar-refractivity contribution in [3.63, 3.8) is 0 Å². The summed E-state index contributed by atoms with van der Waals surface area (Å²) in [4.78, 5) is 27.1. The number of carbonyl (C=O) groups is 2. The average molecular weight is 380 g/mol. The largest absolute Gasteiger partial charge is 0.336 e. The summed E-state index contributed by atoms with van der Waals surface area (Å²) in [5, 5.41) is 6.21. The van der Waals surface area contributed by atoms with Crippen molar-refractivity contribution in [2.45, 2.75) is 33.1 Å². The highest BCUT2D eigenvalue weighted by atomic mass is 16.2. The van der Waals surface area contributed by atoms with Crippen LogP contribution in [0.5, 0.6) is 0 Å². The van der Waals surface area contributed by atoms with E-state index >= 15 is 0 Å². The van der Waals surface area contributed by atoms with Gasteiger partial charge in [0.15, 0.2) is 0 Å². The lowest BCUT2D eigenvalue weighted by atomic mass is 9.86. The number of rotatable bonds is 3. The van der Waals surface area contributed by atoms with E-state index in [-0.39, 0.29) is 17.2 Å². The van der Waals surface area contributed by atoms with Crippen molar-refractivity contribution in [3.8, 4) is 0 Å². The molecule has 0 spiro atoms. The number of piperazine rings is 1. The van der Waals surface area contributed by atoms with Gasteiger partial charge >= 0.3 is 0 Å². The summed E-state index contributed by atoms with van der Waals surface area (Å²) in [7, 11) is 0. The summed E-state index contributed by atoms with van der Waals surface area (Å²) in [6.45, 7) is 11.5. The molecule has 5 heteroatoms. The monoisotopic (exact) mass is 379 g/mol. The summed E-state index contributed by atoms with van der Waals surface area (Å²) in [6.07, 6.45) is 0. The first-order valence-electron chi connectivity index (χ1n) is 9.78. The van der Waals surface area contributed by atoms with Crippen LogP contribution in [-0.2, 0) is 5.41 Å². The molecule has 0 radical (unpaired) electrons. The van der Waals surface area contributed by atoms with Gasteiger partial charge in [-0.2, -0.15) is 0 Å². The molecule has 28 heavy (non-hydrogen) atoms. The predicted molar refractivity (Wildman–Crippen MR) is 113 cm³/mol. The average Bonchev–Trinajstić information content (AvgIpc) is 2.69. The summed E-state index contributed by atoms with van der Waals surface area (Å²) >= 11 is 0. The molecule has 1 aliphatic heterocycles. The molecule has 2 N–H and O–H groups in total. The van der Waals surface area contributed by atoms with Crippen LogP contribution >= 0.6 is 0 Å². The molecule has 1 aliphatic rings. The molecule has 1 heterocycles. The molecule has 148 valence electrons. The van der Waals surface area contributed by atoms with E-state index in [1.807, 2.05) is 48.2 Å². The van der Waals surface area contributed by atoms with E-state index in [9.17, 15) is 9.59 Å². The first-order valence-corrected chi connectivity index (χ1v) is 9.78. The second kappa shape index (κ2) is 8.15. The zero-order chi connectivity index (χ0) is 20.3. The van der Waals surface area contributed by atoms with Gasteiger partial charge in [-0.3, -0.25) is 9.59 Å². The van der Waals surface area contributed by atoms with Crippen LogP contribution in [0, 0.1) is 6.92 Å². The standard InChI is InChI=1S/C23H29N3O2/c1-16-15-18(22(28)26-13-11-24-12-14-26)7-10-20(16)25-21(27)17-5-8-19(9-6-17)23(2,3)4/h5-10,15,24H,11-14H2,1-4H3,(H,25,27). The molecule has 2 amide bonds. The van der Waals surface area contributed by atoms with Crippen molar-refractivity contribution in [2.24, 2.45) is 0 Å². The topological polar surface area (TPSA) is 61.4 Å². The van der Waals surface area contributed by atoms with Crippen LogP contribution in [0.25, 0.3) is 0 Å². The Labute approximate surface area is 167 Å².